The van der Waals surface area contributed by atoms with Crippen LogP contribution in [0.2, 0.25) is 5.02 Å². The molecule has 2 aromatic rings. The molecule has 0 aliphatic heterocycles. The Morgan fingerprint density at radius 2 is 1.81 bits per heavy atom. The van der Waals surface area contributed by atoms with Crippen molar-refractivity contribution in [3.05, 3.63) is 70.7 Å². The summed E-state index contributed by atoms with van der Waals surface area (Å²) in [4.78, 5) is 35.3. The third kappa shape index (κ3) is 6.22. The van der Waals surface area contributed by atoms with Crippen molar-refractivity contribution >= 4 is 29.4 Å². The van der Waals surface area contributed by atoms with Gasteiger partial charge in [0.1, 0.15) is 6.54 Å². The highest BCUT2D eigenvalue weighted by Crippen LogP contribution is 2.17. The Bertz CT molecular complexity index is 780. The summed E-state index contributed by atoms with van der Waals surface area (Å²) in [5.41, 5.74) is 1.28. The van der Waals surface area contributed by atoms with E-state index in [-0.39, 0.29) is 18.5 Å². The number of rotatable bonds is 7. The summed E-state index contributed by atoms with van der Waals surface area (Å²) in [5.74, 6) is -1.53. The Kier molecular flexibility index (Phi) is 7.17. The molecule has 2 rings (SSSR count). The first kappa shape index (κ1) is 19.5. The highest BCUT2D eigenvalue weighted by Gasteiger charge is 2.13. The lowest BCUT2D eigenvalue weighted by atomic mass is 10.1. The summed E-state index contributed by atoms with van der Waals surface area (Å²) >= 11 is 5.92. The van der Waals surface area contributed by atoms with E-state index in [1.165, 1.54) is 0 Å². The van der Waals surface area contributed by atoms with Gasteiger partial charge in [-0.25, -0.2) is 0 Å². The molecule has 0 unspecified atom stereocenters. The Labute approximate surface area is 156 Å². The first-order valence-corrected chi connectivity index (χ1v) is 8.37. The van der Waals surface area contributed by atoms with Gasteiger partial charge in [0.2, 0.25) is 0 Å². The maximum atomic E-state index is 11.9. The van der Waals surface area contributed by atoms with E-state index in [2.05, 4.69) is 10.6 Å². The zero-order valence-corrected chi connectivity index (χ0v) is 15.0. The van der Waals surface area contributed by atoms with Crippen molar-refractivity contribution in [2.24, 2.45) is 0 Å². The topological polar surface area (TPSA) is 84.5 Å². The van der Waals surface area contributed by atoms with Gasteiger partial charge in [0, 0.05) is 10.6 Å². The molecular formula is C19H19ClN2O4. The fourth-order valence-corrected chi connectivity index (χ4v) is 2.38. The summed E-state index contributed by atoms with van der Waals surface area (Å²) in [5, 5.41) is 5.72. The highest BCUT2D eigenvalue weighted by molar-refractivity contribution is 6.30. The van der Waals surface area contributed by atoms with E-state index in [0.29, 0.717) is 10.6 Å². The Hall–Kier alpha value is -2.86. The molecule has 6 nitrogen and oxygen atoms in total. The Morgan fingerprint density at radius 3 is 2.50 bits per heavy atom. The van der Waals surface area contributed by atoms with Crippen LogP contribution in [0.1, 0.15) is 28.9 Å². The monoisotopic (exact) mass is 374 g/mol. The largest absolute Gasteiger partial charge is 0.454 e. The van der Waals surface area contributed by atoms with Gasteiger partial charge in [0.15, 0.2) is 6.61 Å². The molecule has 0 heterocycles. The van der Waals surface area contributed by atoms with Crippen molar-refractivity contribution in [1.29, 1.82) is 0 Å². The van der Waals surface area contributed by atoms with Crippen molar-refractivity contribution in [2.45, 2.75) is 13.0 Å². The van der Waals surface area contributed by atoms with Crippen molar-refractivity contribution in [1.82, 2.24) is 10.6 Å². The molecule has 0 saturated carbocycles. The SMILES string of the molecule is C[C@H](NC(=O)COC(=O)CNC(=O)c1ccccc1)c1cccc(Cl)c1. The minimum atomic E-state index is -0.695. The number of amides is 2. The van der Waals surface area contributed by atoms with Gasteiger partial charge in [-0.1, -0.05) is 41.9 Å². The summed E-state index contributed by atoms with van der Waals surface area (Å²) in [7, 11) is 0. The fraction of sp³-hybridized carbons (Fsp3) is 0.211. The summed E-state index contributed by atoms with van der Waals surface area (Å²) in [6.45, 7) is 1.06. The smallest absolute Gasteiger partial charge is 0.325 e. The van der Waals surface area contributed by atoms with Crippen molar-refractivity contribution in [2.75, 3.05) is 13.2 Å². The molecule has 2 amide bonds. The van der Waals surface area contributed by atoms with Crippen LogP contribution < -0.4 is 10.6 Å². The molecule has 26 heavy (non-hydrogen) atoms. The van der Waals surface area contributed by atoms with Crippen molar-refractivity contribution in [3.8, 4) is 0 Å². The zero-order valence-electron chi connectivity index (χ0n) is 14.2. The molecule has 0 spiro atoms. The van der Waals surface area contributed by atoms with Crippen LogP contribution in [0.3, 0.4) is 0 Å². The van der Waals surface area contributed by atoms with Gasteiger partial charge in [-0.2, -0.15) is 0 Å². The van der Waals surface area contributed by atoms with E-state index in [1.807, 2.05) is 6.07 Å². The Balaban J connectivity index is 1.71. The number of halogens is 1. The third-order valence-corrected chi connectivity index (χ3v) is 3.75. The second kappa shape index (κ2) is 9.58. The van der Waals surface area contributed by atoms with E-state index in [1.54, 1.807) is 55.5 Å². The summed E-state index contributed by atoms with van der Waals surface area (Å²) in [6, 6.07) is 15.3. The number of ether oxygens (including phenoxy) is 1. The summed E-state index contributed by atoms with van der Waals surface area (Å²) < 4.78 is 4.86. The fourth-order valence-electron chi connectivity index (χ4n) is 2.18. The molecular weight excluding hydrogens is 356 g/mol. The average Bonchev–Trinajstić information content (AvgIpc) is 2.65. The second-order valence-corrected chi connectivity index (χ2v) is 5.99. The predicted octanol–water partition coefficient (Wildman–Crippen LogP) is 2.49. The normalized spacial score (nSPS) is 11.3. The maximum absolute atomic E-state index is 11.9. The molecule has 0 aliphatic rings. The van der Waals surface area contributed by atoms with E-state index < -0.39 is 18.5 Å². The van der Waals surface area contributed by atoms with Crippen molar-refractivity contribution in [3.63, 3.8) is 0 Å². The van der Waals surface area contributed by atoms with Crippen LogP contribution in [0, 0.1) is 0 Å². The lowest BCUT2D eigenvalue weighted by Crippen LogP contribution is -2.34. The number of hydrogen-bond acceptors (Lipinski definition) is 4. The lowest BCUT2D eigenvalue weighted by molar-refractivity contribution is -0.147. The van der Waals surface area contributed by atoms with E-state index in [0.717, 1.165) is 5.56 Å². The molecule has 7 heteroatoms. The summed E-state index contributed by atoms with van der Waals surface area (Å²) in [6.07, 6.45) is 0. The van der Waals surface area contributed by atoms with Gasteiger partial charge in [0.05, 0.1) is 6.04 Å². The minimum Gasteiger partial charge on any atom is -0.454 e. The molecule has 0 radical (unpaired) electrons. The number of benzene rings is 2. The van der Waals surface area contributed by atoms with E-state index in [4.69, 9.17) is 16.3 Å². The average molecular weight is 375 g/mol. The maximum Gasteiger partial charge on any atom is 0.325 e. The molecule has 136 valence electrons. The molecule has 0 aromatic heterocycles. The Morgan fingerprint density at radius 1 is 1.08 bits per heavy atom. The second-order valence-electron chi connectivity index (χ2n) is 5.55. The third-order valence-electron chi connectivity index (χ3n) is 3.52. The van der Waals surface area contributed by atoms with Crippen LogP contribution in [0.5, 0.6) is 0 Å². The standard InChI is InChI=1S/C19H19ClN2O4/c1-13(15-8-5-9-16(20)10-15)22-17(23)12-26-18(24)11-21-19(25)14-6-3-2-4-7-14/h2-10,13H,11-12H2,1H3,(H,21,25)(H,22,23)/t13-/m0/s1. The number of carbonyl (C=O) groups is 3. The van der Waals surface area contributed by atoms with Gasteiger partial charge < -0.3 is 15.4 Å². The quantitative estimate of drug-likeness (QED) is 0.729. The molecule has 2 N–H and O–H groups in total. The van der Waals surface area contributed by atoms with Crippen LogP contribution in [0.15, 0.2) is 54.6 Å². The van der Waals surface area contributed by atoms with Gasteiger partial charge in [-0.15, -0.1) is 0 Å². The highest BCUT2D eigenvalue weighted by atomic mass is 35.5. The van der Waals surface area contributed by atoms with Gasteiger partial charge in [-0.3, -0.25) is 14.4 Å². The first-order valence-electron chi connectivity index (χ1n) is 7.99. The minimum absolute atomic E-state index is 0.280. The van der Waals surface area contributed by atoms with Crippen LogP contribution in [0.25, 0.3) is 0 Å². The van der Waals surface area contributed by atoms with Crippen LogP contribution in [-0.4, -0.2) is 30.9 Å². The lowest BCUT2D eigenvalue weighted by Gasteiger charge is -2.14. The molecule has 0 bridgehead atoms. The molecule has 2 aromatic carbocycles. The van der Waals surface area contributed by atoms with Crippen LogP contribution in [0.4, 0.5) is 0 Å². The van der Waals surface area contributed by atoms with Gasteiger partial charge in [-0.05, 0) is 36.8 Å². The molecule has 1 atom stereocenters. The molecule has 0 fully saturated rings. The number of hydrogen-bond donors (Lipinski definition) is 2. The number of carbonyl (C=O) groups excluding carboxylic acids is 3. The molecule has 0 saturated heterocycles. The predicted molar refractivity (Wildman–Crippen MR) is 97.7 cm³/mol. The van der Waals surface area contributed by atoms with Crippen LogP contribution >= 0.6 is 11.6 Å². The van der Waals surface area contributed by atoms with E-state index >= 15 is 0 Å². The van der Waals surface area contributed by atoms with E-state index in [9.17, 15) is 14.4 Å². The number of nitrogens with one attached hydrogen (secondary N) is 2. The van der Waals surface area contributed by atoms with Gasteiger partial charge >= 0.3 is 5.97 Å². The zero-order chi connectivity index (χ0) is 18.9. The van der Waals surface area contributed by atoms with Crippen LogP contribution in [-0.2, 0) is 14.3 Å². The number of esters is 1. The molecule has 0 aliphatic carbocycles. The van der Waals surface area contributed by atoms with Gasteiger partial charge in [0.25, 0.3) is 11.8 Å². The first-order chi connectivity index (χ1) is 12.5. The van der Waals surface area contributed by atoms with Crippen molar-refractivity contribution < 1.29 is 19.1 Å².